The fourth-order valence-electron chi connectivity index (χ4n) is 4.58. The van der Waals surface area contributed by atoms with Crippen molar-refractivity contribution in [3.8, 4) is 11.4 Å². The number of hydrogen-bond donors (Lipinski definition) is 0. The minimum Gasteiger partial charge on any atom is -0.381 e. The van der Waals surface area contributed by atoms with Gasteiger partial charge >= 0.3 is 0 Å². The van der Waals surface area contributed by atoms with Gasteiger partial charge in [-0.05, 0) is 45.0 Å². The summed E-state index contributed by atoms with van der Waals surface area (Å²) in [5.41, 5.74) is 5.11. The lowest BCUT2D eigenvalue weighted by Crippen LogP contribution is -2.44. The van der Waals surface area contributed by atoms with E-state index in [0.717, 1.165) is 85.5 Å². The molecule has 3 aromatic rings. The van der Waals surface area contributed by atoms with Gasteiger partial charge in [-0.25, -0.2) is 9.97 Å². The Hall–Kier alpha value is -2.15. The van der Waals surface area contributed by atoms with Gasteiger partial charge in [0.1, 0.15) is 11.3 Å². The van der Waals surface area contributed by atoms with E-state index < -0.39 is 0 Å². The average Bonchev–Trinajstić information content (AvgIpc) is 3.13. The number of ether oxygens (including phenoxy) is 1. The number of fused-ring (bicyclic) bond motifs is 1. The molecule has 2 fully saturated rings. The Kier molecular flexibility index (Phi) is 5.39. The molecule has 2 saturated heterocycles. The fraction of sp³-hybridized carbons (Fsp3) is 0.478. The van der Waals surface area contributed by atoms with Gasteiger partial charge in [0.05, 0.1) is 10.7 Å². The summed E-state index contributed by atoms with van der Waals surface area (Å²) in [6.45, 7) is 7.73. The highest BCUT2D eigenvalue weighted by Gasteiger charge is 2.27. The molecule has 2 aliphatic heterocycles. The summed E-state index contributed by atoms with van der Waals surface area (Å²) in [6.07, 6.45) is 1.92. The molecule has 5 rings (SSSR count). The fourth-order valence-corrected chi connectivity index (χ4v) is 4.80. The summed E-state index contributed by atoms with van der Waals surface area (Å²) in [5.74, 6) is 0.913. The van der Waals surface area contributed by atoms with E-state index in [4.69, 9.17) is 26.3 Å². The number of imidazole rings is 1. The molecule has 0 unspecified atom stereocenters. The highest BCUT2D eigenvalue weighted by Crippen LogP contribution is 2.38. The van der Waals surface area contributed by atoms with Crippen molar-refractivity contribution in [3.63, 3.8) is 0 Å². The highest BCUT2D eigenvalue weighted by atomic mass is 35.5. The first-order chi connectivity index (χ1) is 14.6. The minimum absolute atomic E-state index is 0.310. The Morgan fingerprint density at radius 2 is 1.77 bits per heavy atom. The monoisotopic (exact) mass is 425 g/mol. The van der Waals surface area contributed by atoms with Crippen LogP contribution in [0.15, 0.2) is 30.3 Å². The Balaban J connectivity index is 1.72. The van der Waals surface area contributed by atoms with Crippen molar-refractivity contribution in [2.24, 2.45) is 0 Å². The van der Waals surface area contributed by atoms with Crippen LogP contribution in [0.25, 0.3) is 22.6 Å². The molecule has 0 amide bonds. The van der Waals surface area contributed by atoms with Crippen molar-refractivity contribution in [1.29, 1.82) is 0 Å². The summed E-state index contributed by atoms with van der Waals surface area (Å²) >= 11 is 6.62. The summed E-state index contributed by atoms with van der Waals surface area (Å²) in [7, 11) is 2.18. The molecule has 0 bridgehead atoms. The predicted octanol–water partition coefficient (Wildman–Crippen LogP) is 4.16. The van der Waals surface area contributed by atoms with Crippen molar-refractivity contribution < 1.29 is 4.74 Å². The molecular weight excluding hydrogens is 398 g/mol. The number of aromatic nitrogens is 3. The van der Waals surface area contributed by atoms with Crippen LogP contribution in [0, 0.1) is 6.92 Å². The van der Waals surface area contributed by atoms with Crippen molar-refractivity contribution >= 4 is 28.5 Å². The number of benzene rings is 1. The van der Waals surface area contributed by atoms with E-state index in [1.807, 2.05) is 18.2 Å². The maximum atomic E-state index is 6.62. The molecule has 1 aromatic carbocycles. The van der Waals surface area contributed by atoms with Gasteiger partial charge in [0, 0.05) is 56.7 Å². The second-order valence-electron chi connectivity index (χ2n) is 8.37. The molecule has 0 atom stereocenters. The molecule has 2 aromatic heterocycles. The van der Waals surface area contributed by atoms with Crippen LogP contribution in [0.3, 0.4) is 0 Å². The average molecular weight is 426 g/mol. The topological polar surface area (TPSA) is 46.4 Å². The van der Waals surface area contributed by atoms with E-state index in [9.17, 15) is 0 Å². The second kappa shape index (κ2) is 8.17. The van der Waals surface area contributed by atoms with Gasteiger partial charge in [-0.1, -0.05) is 23.7 Å². The van der Waals surface area contributed by atoms with Gasteiger partial charge < -0.3 is 19.1 Å². The smallest absolute Gasteiger partial charge is 0.162 e. The number of anilines is 1. The van der Waals surface area contributed by atoms with Crippen molar-refractivity contribution in [3.05, 3.63) is 41.0 Å². The number of piperazine rings is 1. The molecule has 0 spiro atoms. The number of aryl methyl sites for hydroxylation is 1. The lowest BCUT2D eigenvalue weighted by atomic mass is 10.1. The number of rotatable bonds is 3. The van der Waals surface area contributed by atoms with E-state index in [0.29, 0.717) is 6.04 Å². The molecule has 0 aliphatic carbocycles. The van der Waals surface area contributed by atoms with E-state index in [1.165, 1.54) is 5.69 Å². The summed E-state index contributed by atoms with van der Waals surface area (Å²) in [4.78, 5) is 15.0. The molecule has 2 aliphatic rings. The molecule has 0 radical (unpaired) electrons. The number of hydrogen-bond acceptors (Lipinski definition) is 5. The van der Waals surface area contributed by atoms with Gasteiger partial charge in [0.15, 0.2) is 5.65 Å². The van der Waals surface area contributed by atoms with Crippen molar-refractivity contribution in [2.75, 3.05) is 51.3 Å². The second-order valence-corrected chi connectivity index (χ2v) is 8.78. The zero-order valence-corrected chi connectivity index (χ0v) is 18.4. The maximum Gasteiger partial charge on any atom is 0.162 e. The molecule has 4 heterocycles. The third-order valence-corrected chi connectivity index (χ3v) is 6.60. The summed E-state index contributed by atoms with van der Waals surface area (Å²) in [6, 6.07) is 10.5. The number of pyridine rings is 1. The normalized spacial score (nSPS) is 19.0. The van der Waals surface area contributed by atoms with Gasteiger partial charge in [-0.3, -0.25) is 0 Å². The Labute approximate surface area is 182 Å². The SMILES string of the molecule is Cc1cc(N2CCN(C)CC2)c2nc(-c3ccccc3Cl)n(C3CCOCC3)c2n1. The number of halogens is 1. The molecule has 158 valence electrons. The third kappa shape index (κ3) is 3.57. The molecule has 6 nitrogen and oxygen atoms in total. The first kappa shape index (κ1) is 19.8. The quantitative estimate of drug-likeness (QED) is 0.630. The lowest BCUT2D eigenvalue weighted by Gasteiger charge is -2.34. The van der Waals surface area contributed by atoms with Crippen LogP contribution in [0.4, 0.5) is 5.69 Å². The number of likely N-dealkylation sites (N-methyl/N-ethyl adjacent to an activating group) is 1. The minimum atomic E-state index is 0.310. The van der Waals surface area contributed by atoms with E-state index in [1.54, 1.807) is 0 Å². The first-order valence-electron chi connectivity index (χ1n) is 10.8. The summed E-state index contributed by atoms with van der Waals surface area (Å²) in [5, 5.41) is 0.721. The zero-order chi connectivity index (χ0) is 20.7. The Morgan fingerprint density at radius 1 is 1.03 bits per heavy atom. The third-order valence-electron chi connectivity index (χ3n) is 6.27. The van der Waals surface area contributed by atoms with Crippen LogP contribution in [0.2, 0.25) is 5.02 Å². The van der Waals surface area contributed by atoms with E-state index in [-0.39, 0.29) is 0 Å². The highest BCUT2D eigenvalue weighted by molar-refractivity contribution is 6.33. The maximum absolute atomic E-state index is 6.62. The predicted molar refractivity (Wildman–Crippen MR) is 122 cm³/mol. The number of nitrogens with zero attached hydrogens (tertiary/aromatic N) is 5. The van der Waals surface area contributed by atoms with Gasteiger partial charge in [-0.15, -0.1) is 0 Å². The van der Waals surface area contributed by atoms with Crippen LogP contribution in [0.1, 0.15) is 24.6 Å². The molecule has 30 heavy (non-hydrogen) atoms. The van der Waals surface area contributed by atoms with Crippen molar-refractivity contribution in [2.45, 2.75) is 25.8 Å². The first-order valence-corrected chi connectivity index (χ1v) is 11.2. The van der Waals surface area contributed by atoms with Crippen LogP contribution in [-0.2, 0) is 4.74 Å². The largest absolute Gasteiger partial charge is 0.381 e. The zero-order valence-electron chi connectivity index (χ0n) is 17.6. The summed E-state index contributed by atoms with van der Waals surface area (Å²) < 4.78 is 7.96. The van der Waals surface area contributed by atoms with Crippen LogP contribution in [0.5, 0.6) is 0 Å². The Bertz CT molecular complexity index is 1050. The van der Waals surface area contributed by atoms with E-state index >= 15 is 0 Å². The lowest BCUT2D eigenvalue weighted by molar-refractivity contribution is 0.0708. The van der Waals surface area contributed by atoms with Crippen LogP contribution in [-0.4, -0.2) is 65.9 Å². The molecule has 7 heteroatoms. The van der Waals surface area contributed by atoms with Gasteiger partial charge in [0.25, 0.3) is 0 Å². The van der Waals surface area contributed by atoms with Crippen molar-refractivity contribution in [1.82, 2.24) is 19.4 Å². The molecule has 0 saturated carbocycles. The van der Waals surface area contributed by atoms with Gasteiger partial charge in [0.2, 0.25) is 0 Å². The van der Waals surface area contributed by atoms with Gasteiger partial charge in [-0.2, -0.15) is 0 Å². The molecule has 0 N–H and O–H groups in total. The molecular formula is C23H28ClN5O. The van der Waals surface area contributed by atoms with E-state index in [2.05, 4.69) is 40.5 Å². The van der Waals surface area contributed by atoms with Crippen LogP contribution >= 0.6 is 11.6 Å². The van der Waals surface area contributed by atoms with Crippen LogP contribution < -0.4 is 4.90 Å². The Morgan fingerprint density at radius 3 is 2.50 bits per heavy atom. The standard InChI is InChI=1S/C23H28ClN5O/c1-16-15-20(28-11-9-27(2)10-12-28)21-23(25-16)29(17-7-13-30-14-8-17)22(26-21)18-5-3-4-6-19(18)24/h3-6,15,17H,7-14H2,1-2H3.